The van der Waals surface area contributed by atoms with E-state index in [-0.39, 0.29) is 5.91 Å². The average Bonchev–Trinajstić information content (AvgIpc) is 2.61. The highest BCUT2D eigenvalue weighted by Gasteiger charge is 2.11. The number of carbonyl (C=O) groups excluding carboxylic acids is 1. The minimum atomic E-state index is -0.137. The van der Waals surface area contributed by atoms with Gasteiger partial charge in [0.05, 0.1) is 12.3 Å². The molecule has 0 atom stereocenters. The zero-order valence-electron chi connectivity index (χ0n) is 13.9. The average molecular weight is 320 g/mol. The van der Waals surface area contributed by atoms with Gasteiger partial charge in [0.15, 0.2) is 0 Å². The van der Waals surface area contributed by atoms with Gasteiger partial charge in [-0.15, -0.1) is 0 Å². The Morgan fingerprint density at radius 1 is 1.12 bits per heavy atom. The van der Waals surface area contributed by atoms with Crippen molar-refractivity contribution in [3.05, 3.63) is 65.9 Å². The van der Waals surface area contributed by atoms with Crippen molar-refractivity contribution < 1.29 is 9.53 Å². The van der Waals surface area contributed by atoms with Gasteiger partial charge in [0.2, 0.25) is 0 Å². The van der Waals surface area contributed by atoms with Crippen molar-refractivity contribution in [1.29, 1.82) is 0 Å². The summed E-state index contributed by atoms with van der Waals surface area (Å²) >= 11 is 0. The Bertz CT molecular complexity index is 857. The number of ether oxygens (including phenoxy) is 1. The number of fused-ring (bicyclic) bond motifs is 1. The first-order chi connectivity index (χ1) is 11.7. The first-order valence-corrected chi connectivity index (χ1v) is 8.07. The Labute approximate surface area is 141 Å². The van der Waals surface area contributed by atoms with Crippen molar-refractivity contribution in [1.82, 2.24) is 4.98 Å². The summed E-state index contributed by atoms with van der Waals surface area (Å²) in [4.78, 5) is 16.9. The van der Waals surface area contributed by atoms with Gasteiger partial charge >= 0.3 is 0 Å². The second-order valence-electron chi connectivity index (χ2n) is 5.68. The summed E-state index contributed by atoms with van der Waals surface area (Å²) in [5.41, 5.74) is 3.24. The number of hydrogen-bond donors (Lipinski definition) is 1. The van der Waals surface area contributed by atoms with E-state index in [9.17, 15) is 4.79 Å². The molecule has 3 rings (SSSR count). The summed E-state index contributed by atoms with van der Waals surface area (Å²) < 4.78 is 5.75. The normalized spacial score (nSPS) is 10.6. The van der Waals surface area contributed by atoms with E-state index in [0.29, 0.717) is 12.2 Å². The van der Waals surface area contributed by atoms with Crippen LogP contribution in [0.4, 0.5) is 5.69 Å². The van der Waals surface area contributed by atoms with Crippen LogP contribution in [0.3, 0.4) is 0 Å². The Kier molecular flexibility index (Phi) is 4.75. The third-order valence-electron chi connectivity index (χ3n) is 3.76. The molecule has 0 saturated carbocycles. The van der Waals surface area contributed by atoms with E-state index in [2.05, 4.69) is 17.2 Å². The summed E-state index contributed by atoms with van der Waals surface area (Å²) in [6, 6.07) is 15.0. The number of anilines is 1. The van der Waals surface area contributed by atoms with Crippen LogP contribution in [-0.2, 0) is 0 Å². The number of aromatic nitrogens is 1. The minimum absolute atomic E-state index is 0.137. The Morgan fingerprint density at radius 2 is 1.92 bits per heavy atom. The molecule has 1 aromatic heterocycles. The number of carbonyl (C=O) groups is 1. The molecule has 0 aliphatic carbocycles. The number of aryl methyl sites for hydroxylation is 1. The molecule has 0 aliphatic heterocycles. The topological polar surface area (TPSA) is 51.2 Å². The van der Waals surface area contributed by atoms with Gasteiger partial charge < -0.3 is 10.1 Å². The molecule has 3 aromatic rings. The molecular formula is C20H20N2O2. The van der Waals surface area contributed by atoms with E-state index >= 15 is 0 Å². The van der Waals surface area contributed by atoms with Crippen LogP contribution < -0.4 is 10.1 Å². The van der Waals surface area contributed by atoms with E-state index in [0.717, 1.165) is 34.3 Å². The van der Waals surface area contributed by atoms with Crippen molar-refractivity contribution >= 4 is 22.5 Å². The summed E-state index contributed by atoms with van der Waals surface area (Å²) in [5.74, 6) is 0.600. The lowest BCUT2D eigenvalue weighted by molar-refractivity contribution is 0.102. The van der Waals surface area contributed by atoms with Crippen molar-refractivity contribution in [3.63, 3.8) is 0 Å². The van der Waals surface area contributed by atoms with E-state index in [4.69, 9.17) is 4.74 Å². The van der Waals surface area contributed by atoms with E-state index in [1.165, 1.54) is 0 Å². The summed E-state index contributed by atoms with van der Waals surface area (Å²) in [7, 11) is 0. The van der Waals surface area contributed by atoms with Crippen molar-refractivity contribution in [2.75, 3.05) is 11.9 Å². The van der Waals surface area contributed by atoms with Gasteiger partial charge in [-0.2, -0.15) is 0 Å². The number of benzene rings is 2. The van der Waals surface area contributed by atoms with Gasteiger partial charge in [0.1, 0.15) is 11.3 Å². The number of nitrogens with one attached hydrogen (secondary N) is 1. The molecule has 4 heteroatoms. The van der Waals surface area contributed by atoms with Gasteiger partial charge in [-0.25, -0.2) is 0 Å². The highest BCUT2D eigenvalue weighted by molar-refractivity contribution is 6.09. The van der Waals surface area contributed by atoms with Crippen molar-refractivity contribution in [2.45, 2.75) is 20.3 Å². The molecule has 0 aliphatic rings. The van der Waals surface area contributed by atoms with Crippen LogP contribution in [0.1, 0.15) is 29.3 Å². The fraction of sp³-hybridized carbons (Fsp3) is 0.200. The van der Waals surface area contributed by atoms with Crippen LogP contribution in [0.2, 0.25) is 0 Å². The quantitative estimate of drug-likeness (QED) is 0.748. The number of nitrogens with zero attached hydrogens (tertiary/aromatic N) is 1. The molecule has 0 bridgehead atoms. The molecule has 122 valence electrons. The maximum Gasteiger partial charge on any atom is 0.255 e. The molecule has 4 nitrogen and oxygen atoms in total. The smallest absolute Gasteiger partial charge is 0.255 e. The van der Waals surface area contributed by atoms with Gasteiger partial charge in [0.25, 0.3) is 5.91 Å². The lowest BCUT2D eigenvalue weighted by atomic mass is 10.1. The predicted octanol–water partition coefficient (Wildman–Crippen LogP) is 4.58. The van der Waals surface area contributed by atoms with E-state index < -0.39 is 0 Å². The highest BCUT2D eigenvalue weighted by atomic mass is 16.5. The monoisotopic (exact) mass is 320 g/mol. The van der Waals surface area contributed by atoms with Crippen LogP contribution in [0.15, 0.2) is 54.7 Å². The number of rotatable bonds is 5. The third kappa shape index (κ3) is 3.38. The molecule has 0 fully saturated rings. The molecular weight excluding hydrogens is 300 g/mol. The molecule has 0 unspecified atom stereocenters. The third-order valence-corrected chi connectivity index (χ3v) is 3.76. The van der Waals surface area contributed by atoms with E-state index in [1.807, 2.05) is 55.5 Å². The van der Waals surface area contributed by atoms with Gasteiger partial charge in [-0.3, -0.25) is 9.78 Å². The molecule has 0 spiro atoms. The maximum atomic E-state index is 12.5. The maximum absolute atomic E-state index is 12.5. The number of hydrogen-bond acceptors (Lipinski definition) is 3. The zero-order valence-corrected chi connectivity index (χ0v) is 13.9. The van der Waals surface area contributed by atoms with Crippen LogP contribution in [0.25, 0.3) is 10.9 Å². The van der Waals surface area contributed by atoms with Crippen LogP contribution in [-0.4, -0.2) is 17.5 Å². The number of pyridine rings is 1. The molecule has 0 radical (unpaired) electrons. The Hall–Kier alpha value is -2.88. The van der Waals surface area contributed by atoms with Gasteiger partial charge in [0, 0.05) is 17.1 Å². The lowest BCUT2D eigenvalue weighted by Crippen LogP contribution is -2.12. The first-order valence-electron chi connectivity index (χ1n) is 8.07. The van der Waals surface area contributed by atoms with Crippen LogP contribution >= 0.6 is 0 Å². The van der Waals surface area contributed by atoms with Crippen molar-refractivity contribution in [2.24, 2.45) is 0 Å². The van der Waals surface area contributed by atoms with Crippen LogP contribution in [0.5, 0.6) is 5.75 Å². The van der Waals surface area contributed by atoms with E-state index in [1.54, 1.807) is 6.20 Å². The SMILES string of the molecule is CCCOc1ccc(NC(=O)c2ccc(C)cc2)c2cccnc12. The minimum Gasteiger partial charge on any atom is -0.491 e. The molecule has 1 amide bonds. The fourth-order valence-electron chi connectivity index (χ4n) is 2.48. The summed E-state index contributed by atoms with van der Waals surface area (Å²) in [6.45, 7) is 4.70. The Morgan fingerprint density at radius 3 is 2.67 bits per heavy atom. The molecule has 1 heterocycles. The van der Waals surface area contributed by atoms with Gasteiger partial charge in [-0.05, 0) is 49.7 Å². The summed E-state index contributed by atoms with van der Waals surface area (Å²) in [6.07, 6.45) is 2.66. The standard InChI is InChI=1S/C20H20N2O2/c1-3-13-24-18-11-10-17(16-5-4-12-21-19(16)18)22-20(23)15-8-6-14(2)7-9-15/h4-12H,3,13H2,1-2H3,(H,22,23). The molecule has 1 N–H and O–H groups in total. The Balaban J connectivity index is 1.92. The second-order valence-corrected chi connectivity index (χ2v) is 5.68. The predicted molar refractivity (Wildman–Crippen MR) is 96.7 cm³/mol. The van der Waals surface area contributed by atoms with Crippen molar-refractivity contribution in [3.8, 4) is 5.75 Å². The largest absolute Gasteiger partial charge is 0.491 e. The molecule has 24 heavy (non-hydrogen) atoms. The van der Waals surface area contributed by atoms with Gasteiger partial charge in [-0.1, -0.05) is 24.6 Å². The first kappa shape index (κ1) is 16.0. The second kappa shape index (κ2) is 7.13. The van der Waals surface area contributed by atoms with Crippen LogP contribution in [0, 0.1) is 6.92 Å². The highest BCUT2D eigenvalue weighted by Crippen LogP contribution is 2.30. The molecule has 0 saturated heterocycles. The number of amides is 1. The summed E-state index contributed by atoms with van der Waals surface area (Å²) in [5, 5.41) is 3.84. The fourth-order valence-corrected chi connectivity index (χ4v) is 2.48. The molecule has 2 aromatic carbocycles. The zero-order chi connectivity index (χ0) is 16.9. The lowest BCUT2D eigenvalue weighted by Gasteiger charge is -2.12.